The van der Waals surface area contributed by atoms with Gasteiger partial charge in [0.25, 0.3) is 0 Å². The number of thiophene rings is 1. The van der Waals surface area contributed by atoms with Crippen LogP contribution in [0.3, 0.4) is 0 Å². The van der Waals surface area contributed by atoms with Crippen molar-refractivity contribution in [3.8, 4) is 11.1 Å². The van der Waals surface area contributed by atoms with Crippen molar-refractivity contribution in [2.24, 2.45) is 0 Å². The fraction of sp³-hybridized carbons (Fsp3) is 0.0909. The second-order valence-electron chi connectivity index (χ2n) is 6.09. The van der Waals surface area contributed by atoms with Gasteiger partial charge in [-0.25, -0.2) is 4.79 Å². The van der Waals surface area contributed by atoms with Crippen molar-refractivity contribution in [1.82, 2.24) is 0 Å². The smallest absolute Gasteiger partial charge is 0.341 e. The zero-order valence-electron chi connectivity index (χ0n) is 15.4. The first kappa shape index (κ1) is 19.9. The van der Waals surface area contributed by atoms with Crippen LogP contribution in [0.2, 0.25) is 5.02 Å². The van der Waals surface area contributed by atoms with Crippen LogP contribution in [0.25, 0.3) is 17.2 Å². The first-order valence-electron chi connectivity index (χ1n) is 8.49. The van der Waals surface area contributed by atoms with Crippen LogP contribution in [0.4, 0.5) is 5.00 Å². The van der Waals surface area contributed by atoms with Crippen LogP contribution in [0, 0.1) is 6.92 Å². The summed E-state index contributed by atoms with van der Waals surface area (Å²) in [5.41, 5.74) is 3.90. The van der Waals surface area contributed by atoms with Crippen molar-refractivity contribution in [2.45, 2.75) is 6.92 Å². The largest absolute Gasteiger partial charge is 0.465 e. The number of rotatable bonds is 5. The second-order valence-corrected chi connectivity index (χ2v) is 7.40. The van der Waals surface area contributed by atoms with Gasteiger partial charge < -0.3 is 10.1 Å². The van der Waals surface area contributed by atoms with E-state index in [1.807, 2.05) is 48.7 Å². The summed E-state index contributed by atoms with van der Waals surface area (Å²) in [5.74, 6) is -0.834. The van der Waals surface area contributed by atoms with E-state index in [1.165, 1.54) is 24.5 Å². The second kappa shape index (κ2) is 8.87. The highest BCUT2D eigenvalue weighted by Crippen LogP contribution is 2.36. The van der Waals surface area contributed by atoms with E-state index in [0.29, 0.717) is 21.2 Å². The van der Waals surface area contributed by atoms with E-state index >= 15 is 0 Å². The van der Waals surface area contributed by atoms with Crippen LogP contribution < -0.4 is 5.32 Å². The zero-order chi connectivity index (χ0) is 20.1. The van der Waals surface area contributed by atoms with Gasteiger partial charge in [0.2, 0.25) is 5.91 Å². The van der Waals surface area contributed by atoms with Gasteiger partial charge in [0.1, 0.15) is 10.6 Å². The Kier molecular flexibility index (Phi) is 6.29. The topological polar surface area (TPSA) is 55.4 Å². The highest BCUT2D eigenvalue weighted by atomic mass is 35.5. The van der Waals surface area contributed by atoms with Crippen LogP contribution in [0.5, 0.6) is 0 Å². The third kappa shape index (κ3) is 4.68. The molecule has 142 valence electrons. The molecule has 0 unspecified atom stereocenters. The van der Waals surface area contributed by atoms with Gasteiger partial charge in [-0.2, -0.15) is 0 Å². The number of ether oxygens (including phenoxy) is 1. The summed E-state index contributed by atoms with van der Waals surface area (Å²) in [6.45, 7) is 2.00. The Balaban J connectivity index is 1.85. The van der Waals surface area contributed by atoms with E-state index in [2.05, 4.69) is 5.32 Å². The molecule has 1 heterocycles. The number of aryl methyl sites for hydroxylation is 1. The number of esters is 1. The fourth-order valence-corrected chi connectivity index (χ4v) is 3.69. The molecule has 1 N–H and O–H groups in total. The van der Waals surface area contributed by atoms with E-state index in [9.17, 15) is 9.59 Å². The Labute approximate surface area is 172 Å². The normalized spacial score (nSPS) is 10.8. The van der Waals surface area contributed by atoms with Crippen molar-refractivity contribution in [3.05, 3.63) is 81.7 Å². The van der Waals surface area contributed by atoms with Crippen molar-refractivity contribution in [3.63, 3.8) is 0 Å². The highest BCUT2D eigenvalue weighted by molar-refractivity contribution is 7.15. The van der Waals surface area contributed by atoms with Crippen molar-refractivity contribution >= 4 is 45.9 Å². The molecule has 3 aromatic rings. The number of hydrogen-bond acceptors (Lipinski definition) is 4. The van der Waals surface area contributed by atoms with Crippen molar-refractivity contribution < 1.29 is 14.3 Å². The summed E-state index contributed by atoms with van der Waals surface area (Å²) in [6.07, 6.45) is 3.16. The van der Waals surface area contributed by atoms with E-state index in [-0.39, 0.29) is 5.91 Å². The zero-order valence-corrected chi connectivity index (χ0v) is 16.9. The standard InChI is InChI=1S/C22H18ClNO3S/c1-14-3-5-15(6-4-14)7-12-19(25)24-21-20(22(26)27-2)18(13-28-21)16-8-10-17(23)11-9-16/h3-13H,1-2H3,(H,24,25)/b12-7+. The number of benzene rings is 2. The van der Waals surface area contributed by atoms with Crippen molar-refractivity contribution in [1.29, 1.82) is 0 Å². The molecule has 28 heavy (non-hydrogen) atoms. The Morgan fingerprint density at radius 1 is 1.07 bits per heavy atom. The predicted octanol–water partition coefficient (Wildman–Crippen LogP) is 5.82. The molecule has 0 radical (unpaired) electrons. The molecule has 2 aromatic carbocycles. The van der Waals surface area contributed by atoms with Gasteiger partial charge in [-0.15, -0.1) is 11.3 Å². The fourth-order valence-electron chi connectivity index (χ4n) is 2.60. The molecule has 0 fully saturated rings. The molecule has 3 rings (SSSR count). The number of carbonyl (C=O) groups excluding carboxylic acids is 2. The third-order valence-electron chi connectivity index (χ3n) is 4.08. The Morgan fingerprint density at radius 3 is 2.39 bits per heavy atom. The van der Waals surface area contributed by atoms with Crippen LogP contribution >= 0.6 is 22.9 Å². The molecule has 0 atom stereocenters. The van der Waals surface area contributed by atoms with Gasteiger partial charge in [-0.3, -0.25) is 4.79 Å². The number of amides is 1. The maximum atomic E-state index is 12.3. The number of nitrogens with one attached hydrogen (secondary N) is 1. The van der Waals surface area contributed by atoms with Gasteiger partial charge >= 0.3 is 5.97 Å². The Bertz CT molecular complexity index is 1020. The van der Waals surface area contributed by atoms with Gasteiger partial charge in [0.05, 0.1) is 7.11 Å². The third-order valence-corrected chi connectivity index (χ3v) is 5.22. The lowest BCUT2D eigenvalue weighted by molar-refractivity contribution is -0.111. The van der Waals surface area contributed by atoms with Crippen LogP contribution in [-0.4, -0.2) is 19.0 Å². The van der Waals surface area contributed by atoms with Gasteiger partial charge in [0.15, 0.2) is 0 Å². The minimum atomic E-state index is -0.510. The van der Waals surface area contributed by atoms with Gasteiger partial charge in [0, 0.05) is 22.0 Å². The molecule has 1 aromatic heterocycles. The minimum Gasteiger partial charge on any atom is -0.465 e. The molecule has 1 amide bonds. The summed E-state index contributed by atoms with van der Waals surface area (Å²) < 4.78 is 4.92. The maximum Gasteiger partial charge on any atom is 0.341 e. The lowest BCUT2D eigenvalue weighted by atomic mass is 10.0. The van der Waals surface area contributed by atoms with E-state index in [4.69, 9.17) is 16.3 Å². The highest BCUT2D eigenvalue weighted by Gasteiger charge is 2.21. The molecular weight excluding hydrogens is 394 g/mol. The molecule has 0 spiro atoms. The van der Waals surface area contributed by atoms with Gasteiger partial charge in [-0.1, -0.05) is 53.6 Å². The predicted molar refractivity (Wildman–Crippen MR) is 115 cm³/mol. The van der Waals surface area contributed by atoms with E-state index in [0.717, 1.165) is 16.7 Å². The summed E-state index contributed by atoms with van der Waals surface area (Å²) in [5, 5.41) is 5.63. The number of methoxy groups -OCH3 is 1. The van der Waals surface area contributed by atoms with E-state index < -0.39 is 5.97 Å². The van der Waals surface area contributed by atoms with Crippen LogP contribution in [-0.2, 0) is 9.53 Å². The first-order valence-corrected chi connectivity index (χ1v) is 9.75. The van der Waals surface area contributed by atoms with Crippen LogP contribution in [0.1, 0.15) is 21.5 Å². The first-order chi connectivity index (χ1) is 13.5. The van der Waals surface area contributed by atoms with Crippen molar-refractivity contribution in [2.75, 3.05) is 12.4 Å². The number of halogens is 1. The molecule has 6 heteroatoms. The maximum absolute atomic E-state index is 12.3. The molecule has 0 aliphatic carbocycles. The molecule has 0 aliphatic heterocycles. The summed E-state index contributed by atoms with van der Waals surface area (Å²) >= 11 is 7.21. The number of anilines is 1. The quantitative estimate of drug-likeness (QED) is 0.425. The van der Waals surface area contributed by atoms with E-state index in [1.54, 1.807) is 18.2 Å². The minimum absolute atomic E-state index is 0.324. The van der Waals surface area contributed by atoms with Crippen LogP contribution in [0.15, 0.2) is 60.0 Å². The summed E-state index contributed by atoms with van der Waals surface area (Å²) in [6, 6.07) is 15.0. The van der Waals surface area contributed by atoms with Gasteiger partial charge in [-0.05, 0) is 36.3 Å². The molecule has 0 bridgehead atoms. The molecule has 0 saturated carbocycles. The summed E-state index contributed by atoms with van der Waals surface area (Å²) in [4.78, 5) is 24.7. The molecular formula is C22H18ClNO3S. The number of hydrogen-bond donors (Lipinski definition) is 1. The average Bonchev–Trinajstić information content (AvgIpc) is 3.11. The lowest BCUT2D eigenvalue weighted by Gasteiger charge is -2.07. The molecule has 4 nitrogen and oxygen atoms in total. The molecule has 0 aliphatic rings. The average molecular weight is 412 g/mol. The lowest BCUT2D eigenvalue weighted by Crippen LogP contribution is -2.11. The Morgan fingerprint density at radius 2 is 1.75 bits per heavy atom. The SMILES string of the molecule is COC(=O)c1c(-c2ccc(Cl)cc2)csc1NC(=O)/C=C/c1ccc(C)cc1. The Hall–Kier alpha value is -2.89. The number of carbonyl (C=O) groups is 2. The molecule has 0 saturated heterocycles. The monoisotopic (exact) mass is 411 g/mol. The summed E-state index contributed by atoms with van der Waals surface area (Å²) in [7, 11) is 1.31.